The molecule has 0 saturated carbocycles. The molecular formula is C22H31N7O2. The molecule has 0 radical (unpaired) electrons. The highest BCUT2D eigenvalue weighted by Crippen LogP contribution is 2.33. The summed E-state index contributed by atoms with van der Waals surface area (Å²) in [5.74, 6) is 1.40. The van der Waals surface area contributed by atoms with Crippen LogP contribution in [0.1, 0.15) is 31.0 Å². The Hall–Kier alpha value is -2.68. The van der Waals surface area contributed by atoms with Crippen LogP contribution in [0.4, 0.5) is 5.82 Å². The molecule has 3 aliphatic rings. The molecule has 166 valence electrons. The summed E-state index contributed by atoms with van der Waals surface area (Å²) in [6, 6.07) is 2.15. The van der Waals surface area contributed by atoms with E-state index in [0.717, 1.165) is 76.4 Å². The average Bonchev–Trinajstić information content (AvgIpc) is 3.10. The fourth-order valence-corrected chi connectivity index (χ4v) is 5.10. The highest BCUT2D eigenvalue weighted by Gasteiger charge is 2.39. The zero-order valence-corrected chi connectivity index (χ0v) is 18.4. The average molecular weight is 426 g/mol. The van der Waals surface area contributed by atoms with E-state index in [0.29, 0.717) is 0 Å². The molecule has 5 heterocycles. The molecule has 0 aliphatic carbocycles. The lowest BCUT2D eigenvalue weighted by molar-refractivity contribution is -0.137. The maximum absolute atomic E-state index is 13.1. The number of hydrogen-bond acceptors (Lipinski definition) is 6. The van der Waals surface area contributed by atoms with E-state index >= 15 is 0 Å². The van der Waals surface area contributed by atoms with Gasteiger partial charge in [-0.2, -0.15) is 9.61 Å². The number of amides is 2. The van der Waals surface area contributed by atoms with Crippen molar-refractivity contribution in [2.45, 2.75) is 38.6 Å². The van der Waals surface area contributed by atoms with Crippen molar-refractivity contribution in [2.75, 3.05) is 51.2 Å². The first kappa shape index (κ1) is 20.2. The Kier molecular flexibility index (Phi) is 5.29. The monoisotopic (exact) mass is 425 g/mol. The van der Waals surface area contributed by atoms with Crippen molar-refractivity contribution >= 4 is 23.3 Å². The quantitative estimate of drug-likeness (QED) is 0.763. The number of likely N-dealkylation sites (tertiary alicyclic amines) is 1. The number of aromatic nitrogens is 3. The number of anilines is 1. The SMILES string of the molecule is CC(=O)NC1CCN(C(=O)C2CN(c3c4c(nc5ccnn35)CCN(C)CC4)C2)CC1. The van der Waals surface area contributed by atoms with Crippen LogP contribution in [0.25, 0.3) is 5.65 Å². The molecule has 2 fully saturated rings. The number of likely N-dealkylation sites (N-methyl/N-ethyl adjacent to an activating group) is 1. The third kappa shape index (κ3) is 3.86. The summed E-state index contributed by atoms with van der Waals surface area (Å²) in [4.78, 5) is 35.8. The minimum Gasteiger partial charge on any atom is -0.354 e. The number of nitrogens with one attached hydrogen (secondary N) is 1. The number of carbonyl (C=O) groups excluding carboxylic acids is 2. The summed E-state index contributed by atoms with van der Waals surface area (Å²) in [7, 11) is 2.16. The van der Waals surface area contributed by atoms with Gasteiger partial charge in [-0.1, -0.05) is 0 Å². The molecule has 9 nitrogen and oxygen atoms in total. The number of hydrogen-bond donors (Lipinski definition) is 1. The van der Waals surface area contributed by atoms with Crippen LogP contribution in [0, 0.1) is 5.92 Å². The van der Waals surface area contributed by atoms with E-state index in [2.05, 4.69) is 27.3 Å². The largest absolute Gasteiger partial charge is 0.354 e. The molecule has 5 rings (SSSR count). The molecule has 0 spiro atoms. The van der Waals surface area contributed by atoms with Crippen molar-refractivity contribution in [3.63, 3.8) is 0 Å². The lowest BCUT2D eigenvalue weighted by Gasteiger charge is -2.44. The number of carbonyl (C=O) groups is 2. The van der Waals surface area contributed by atoms with E-state index in [1.54, 1.807) is 13.1 Å². The predicted octanol–water partition coefficient (Wildman–Crippen LogP) is 0.323. The fraction of sp³-hybridized carbons (Fsp3) is 0.636. The van der Waals surface area contributed by atoms with E-state index in [1.807, 2.05) is 15.5 Å². The van der Waals surface area contributed by atoms with Crippen molar-refractivity contribution in [3.8, 4) is 0 Å². The van der Waals surface area contributed by atoms with Gasteiger partial charge in [0.15, 0.2) is 5.65 Å². The Bertz CT molecular complexity index is 989. The highest BCUT2D eigenvalue weighted by molar-refractivity contribution is 5.82. The Morgan fingerprint density at radius 2 is 1.84 bits per heavy atom. The maximum atomic E-state index is 13.1. The minimum atomic E-state index is 0.00650. The topological polar surface area (TPSA) is 86.1 Å². The van der Waals surface area contributed by atoms with Gasteiger partial charge in [0.25, 0.3) is 0 Å². The zero-order chi connectivity index (χ0) is 21.5. The smallest absolute Gasteiger partial charge is 0.229 e. The third-order valence-corrected chi connectivity index (χ3v) is 6.91. The maximum Gasteiger partial charge on any atom is 0.229 e. The van der Waals surface area contributed by atoms with Crippen LogP contribution < -0.4 is 10.2 Å². The van der Waals surface area contributed by atoms with Gasteiger partial charge in [0.05, 0.1) is 17.8 Å². The van der Waals surface area contributed by atoms with Gasteiger partial charge in [-0.25, -0.2) is 4.98 Å². The van der Waals surface area contributed by atoms with Crippen LogP contribution in [0.5, 0.6) is 0 Å². The van der Waals surface area contributed by atoms with Gasteiger partial charge < -0.3 is 20.0 Å². The van der Waals surface area contributed by atoms with Crippen LogP contribution in [0.3, 0.4) is 0 Å². The van der Waals surface area contributed by atoms with E-state index in [9.17, 15) is 9.59 Å². The van der Waals surface area contributed by atoms with E-state index < -0.39 is 0 Å². The van der Waals surface area contributed by atoms with Crippen molar-refractivity contribution in [1.82, 2.24) is 29.7 Å². The number of fused-ring (bicyclic) bond motifs is 2. The first-order valence-electron chi connectivity index (χ1n) is 11.3. The molecule has 3 aliphatic heterocycles. The number of rotatable bonds is 3. The molecule has 2 saturated heterocycles. The molecular weight excluding hydrogens is 394 g/mol. The third-order valence-electron chi connectivity index (χ3n) is 6.91. The van der Waals surface area contributed by atoms with Crippen LogP contribution in [-0.2, 0) is 22.4 Å². The van der Waals surface area contributed by atoms with Crippen LogP contribution >= 0.6 is 0 Å². The molecule has 2 amide bonds. The van der Waals surface area contributed by atoms with Gasteiger partial charge in [-0.05, 0) is 26.3 Å². The summed E-state index contributed by atoms with van der Waals surface area (Å²) >= 11 is 0. The Morgan fingerprint density at radius 1 is 1.10 bits per heavy atom. The number of piperidine rings is 1. The highest BCUT2D eigenvalue weighted by atomic mass is 16.2. The molecule has 2 aromatic rings. The van der Waals surface area contributed by atoms with Crippen molar-refractivity contribution in [3.05, 3.63) is 23.5 Å². The van der Waals surface area contributed by atoms with Gasteiger partial charge in [-0.15, -0.1) is 0 Å². The van der Waals surface area contributed by atoms with Gasteiger partial charge in [0, 0.05) is 70.3 Å². The van der Waals surface area contributed by atoms with E-state index in [-0.39, 0.29) is 23.8 Å². The van der Waals surface area contributed by atoms with Crippen LogP contribution in [0.2, 0.25) is 0 Å². The second kappa shape index (κ2) is 8.11. The van der Waals surface area contributed by atoms with Crippen molar-refractivity contribution in [2.24, 2.45) is 5.92 Å². The molecule has 1 N–H and O–H groups in total. The molecule has 9 heteroatoms. The Balaban J connectivity index is 1.28. The fourth-order valence-electron chi connectivity index (χ4n) is 5.10. The first-order chi connectivity index (χ1) is 15.0. The normalized spacial score (nSPS) is 21.0. The van der Waals surface area contributed by atoms with E-state index in [4.69, 9.17) is 4.98 Å². The minimum absolute atomic E-state index is 0.00650. The lowest BCUT2D eigenvalue weighted by Crippen LogP contribution is -2.57. The molecule has 0 aromatic carbocycles. The Morgan fingerprint density at radius 3 is 2.58 bits per heavy atom. The molecule has 0 bridgehead atoms. The predicted molar refractivity (Wildman–Crippen MR) is 117 cm³/mol. The zero-order valence-electron chi connectivity index (χ0n) is 18.4. The second-order valence-corrected chi connectivity index (χ2v) is 9.17. The standard InChI is InChI=1S/C22H31N7O2/c1-15(30)24-17-4-11-27(12-5-17)22(31)16-13-28(14-16)21-18-6-9-26(2)10-7-19(18)25-20-3-8-23-29(20)21/h3,8,16-17H,4-7,9-14H2,1-2H3,(H,24,30). The lowest BCUT2D eigenvalue weighted by atomic mass is 9.95. The summed E-state index contributed by atoms with van der Waals surface area (Å²) in [6.45, 7) is 6.47. The van der Waals surface area contributed by atoms with Gasteiger partial charge in [-0.3, -0.25) is 9.59 Å². The molecule has 31 heavy (non-hydrogen) atoms. The first-order valence-corrected chi connectivity index (χ1v) is 11.3. The van der Waals surface area contributed by atoms with E-state index in [1.165, 1.54) is 11.3 Å². The summed E-state index contributed by atoms with van der Waals surface area (Å²) < 4.78 is 1.95. The molecule has 0 unspecified atom stereocenters. The molecule has 2 aromatic heterocycles. The Labute approximate surface area is 182 Å². The summed E-state index contributed by atoms with van der Waals surface area (Å²) in [5, 5.41) is 7.51. The van der Waals surface area contributed by atoms with Gasteiger partial charge in [0.2, 0.25) is 11.8 Å². The molecule has 0 atom stereocenters. The van der Waals surface area contributed by atoms with Gasteiger partial charge >= 0.3 is 0 Å². The van der Waals surface area contributed by atoms with Crippen LogP contribution in [0.15, 0.2) is 12.3 Å². The van der Waals surface area contributed by atoms with Gasteiger partial charge in [0.1, 0.15) is 5.82 Å². The second-order valence-electron chi connectivity index (χ2n) is 9.17. The number of nitrogens with zero attached hydrogens (tertiary/aromatic N) is 6. The van der Waals surface area contributed by atoms with Crippen molar-refractivity contribution < 1.29 is 9.59 Å². The summed E-state index contributed by atoms with van der Waals surface area (Å²) in [6.07, 6.45) is 5.37. The van der Waals surface area contributed by atoms with Crippen molar-refractivity contribution in [1.29, 1.82) is 0 Å². The summed E-state index contributed by atoms with van der Waals surface area (Å²) in [5.41, 5.74) is 3.33. The van der Waals surface area contributed by atoms with Crippen LogP contribution in [-0.4, -0.2) is 88.6 Å².